The fourth-order valence-electron chi connectivity index (χ4n) is 2.11. The quantitative estimate of drug-likeness (QED) is 0.729. The van der Waals surface area contributed by atoms with Gasteiger partial charge in [-0.15, -0.1) is 0 Å². The molecule has 3 rings (SSSR count). The van der Waals surface area contributed by atoms with Crippen molar-refractivity contribution in [3.8, 4) is 17.6 Å². The predicted octanol–water partition coefficient (Wildman–Crippen LogP) is 2.88. The van der Waals surface area contributed by atoms with Crippen LogP contribution < -0.4 is 10.3 Å². The Bertz CT molecular complexity index is 1020. The van der Waals surface area contributed by atoms with Gasteiger partial charge >= 0.3 is 0 Å². The molecule has 0 spiro atoms. The highest BCUT2D eigenvalue weighted by molar-refractivity contribution is 5.79. The third-order valence-corrected chi connectivity index (χ3v) is 3.28. The van der Waals surface area contributed by atoms with Gasteiger partial charge < -0.3 is 9.30 Å². The van der Waals surface area contributed by atoms with Crippen LogP contribution in [0.3, 0.4) is 0 Å². The lowest BCUT2D eigenvalue weighted by atomic mass is 10.2. The molecule has 0 aliphatic carbocycles. The Balaban J connectivity index is 2.14. The predicted molar refractivity (Wildman–Crippen MR) is 78.1 cm³/mol. The lowest BCUT2D eigenvalue weighted by molar-refractivity contribution is 0.435. The molecule has 5 nitrogen and oxygen atoms in total. The van der Waals surface area contributed by atoms with Gasteiger partial charge in [-0.05, 0) is 30.3 Å². The van der Waals surface area contributed by atoms with Crippen LogP contribution in [0, 0.1) is 23.0 Å². The zero-order valence-corrected chi connectivity index (χ0v) is 11.9. The number of rotatable bonds is 2. The topological polar surface area (TPSA) is 67.9 Å². The number of aryl methyl sites for hydroxylation is 1. The van der Waals surface area contributed by atoms with Gasteiger partial charge in [-0.25, -0.2) is 13.8 Å². The number of nitriles is 1. The van der Waals surface area contributed by atoms with Crippen LogP contribution in [0.2, 0.25) is 0 Å². The van der Waals surface area contributed by atoms with Crippen molar-refractivity contribution in [2.45, 2.75) is 0 Å². The van der Waals surface area contributed by atoms with Crippen LogP contribution >= 0.6 is 0 Å². The Morgan fingerprint density at radius 1 is 1.22 bits per heavy atom. The van der Waals surface area contributed by atoms with Gasteiger partial charge in [0.15, 0.2) is 11.6 Å². The van der Waals surface area contributed by atoms with Crippen LogP contribution in [0.4, 0.5) is 8.78 Å². The summed E-state index contributed by atoms with van der Waals surface area (Å²) in [5.41, 5.74) is -0.398. The minimum atomic E-state index is -0.887. The Morgan fingerprint density at radius 2 is 1.96 bits per heavy atom. The standard InChI is InChI=1S/C16H9F2N3O2/c1-21-8-20-14-5-2-9(6-10(14)16(21)22)23-15-11(7-19)12(17)3-4-13(15)18/h2-6,8H,1H3. The smallest absolute Gasteiger partial charge is 0.261 e. The van der Waals surface area contributed by atoms with Crippen molar-refractivity contribution < 1.29 is 13.5 Å². The molecule has 0 fully saturated rings. The van der Waals surface area contributed by atoms with Crippen LogP contribution in [0.5, 0.6) is 11.5 Å². The van der Waals surface area contributed by atoms with Crippen molar-refractivity contribution in [1.82, 2.24) is 9.55 Å². The summed E-state index contributed by atoms with van der Waals surface area (Å²) in [5.74, 6) is -2.18. The van der Waals surface area contributed by atoms with Crippen molar-refractivity contribution in [1.29, 1.82) is 5.26 Å². The van der Waals surface area contributed by atoms with Crippen LogP contribution in [0.1, 0.15) is 5.56 Å². The normalized spacial score (nSPS) is 10.5. The summed E-state index contributed by atoms with van der Waals surface area (Å²) in [7, 11) is 1.54. The highest BCUT2D eigenvalue weighted by Gasteiger charge is 2.16. The SMILES string of the molecule is Cn1cnc2ccc(Oc3c(F)ccc(F)c3C#N)cc2c1=O. The molecule has 2 aromatic carbocycles. The van der Waals surface area contributed by atoms with Crippen LogP contribution in [-0.2, 0) is 7.05 Å². The Hall–Kier alpha value is -3.27. The van der Waals surface area contributed by atoms with E-state index in [4.69, 9.17) is 10.00 Å². The van der Waals surface area contributed by atoms with Gasteiger partial charge in [-0.3, -0.25) is 4.79 Å². The first-order valence-corrected chi connectivity index (χ1v) is 6.52. The first-order valence-electron chi connectivity index (χ1n) is 6.52. The molecule has 3 aromatic rings. The summed E-state index contributed by atoms with van der Waals surface area (Å²) in [6.45, 7) is 0. The second-order valence-corrected chi connectivity index (χ2v) is 4.79. The molecule has 0 amide bonds. The third-order valence-electron chi connectivity index (χ3n) is 3.28. The molecule has 0 saturated heterocycles. The zero-order valence-electron chi connectivity index (χ0n) is 11.9. The molecule has 0 unspecified atom stereocenters. The van der Waals surface area contributed by atoms with Crippen molar-refractivity contribution in [2.24, 2.45) is 7.05 Å². The summed E-state index contributed by atoms with van der Waals surface area (Å²) in [6, 6.07) is 7.63. The second-order valence-electron chi connectivity index (χ2n) is 4.79. The van der Waals surface area contributed by atoms with Crippen LogP contribution in [-0.4, -0.2) is 9.55 Å². The molecule has 1 heterocycles. The van der Waals surface area contributed by atoms with E-state index in [-0.39, 0.29) is 16.7 Å². The van der Waals surface area contributed by atoms with Crippen LogP contribution in [0.25, 0.3) is 10.9 Å². The fourth-order valence-corrected chi connectivity index (χ4v) is 2.11. The molecule has 7 heteroatoms. The lowest BCUT2D eigenvalue weighted by Gasteiger charge is -2.09. The minimum Gasteiger partial charge on any atom is -0.453 e. The molecule has 1 aromatic heterocycles. The monoisotopic (exact) mass is 313 g/mol. The molecule has 23 heavy (non-hydrogen) atoms. The maximum absolute atomic E-state index is 13.8. The Morgan fingerprint density at radius 3 is 2.70 bits per heavy atom. The van der Waals surface area contributed by atoms with Crippen molar-refractivity contribution >= 4 is 10.9 Å². The van der Waals surface area contributed by atoms with Gasteiger partial charge in [-0.1, -0.05) is 0 Å². The van der Waals surface area contributed by atoms with E-state index in [2.05, 4.69) is 4.98 Å². The van der Waals surface area contributed by atoms with Crippen molar-refractivity contribution in [3.05, 3.63) is 64.2 Å². The molecular formula is C16H9F2N3O2. The molecule has 0 radical (unpaired) electrons. The fraction of sp³-hybridized carbons (Fsp3) is 0.0625. The molecule has 0 bridgehead atoms. The number of aromatic nitrogens is 2. The van der Waals surface area contributed by atoms with Gasteiger partial charge in [0, 0.05) is 7.05 Å². The molecule has 0 aliphatic heterocycles. The Kier molecular flexibility index (Phi) is 3.50. The van der Waals surface area contributed by atoms with Crippen molar-refractivity contribution in [2.75, 3.05) is 0 Å². The summed E-state index contributed by atoms with van der Waals surface area (Å²) in [6.07, 6.45) is 1.38. The lowest BCUT2D eigenvalue weighted by Crippen LogP contribution is -2.16. The van der Waals surface area contributed by atoms with E-state index in [0.717, 1.165) is 12.1 Å². The Labute approximate surface area is 129 Å². The van der Waals surface area contributed by atoms with Gasteiger partial charge in [0.25, 0.3) is 5.56 Å². The summed E-state index contributed by atoms with van der Waals surface area (Å²) >= 11 is 0. The first kappa shape index (κ1) is 14.7. The summed E-state index contributed by atoms with van der Waals surface area (Å²) < 4.78 is 34.0. The molecule has 0 saturated carbocycles. The average Bonchev–Trinajstić information content (AvgIpc) is 2.55. The third kappa shape index (κ3) is 2.51. The van der Waals surface area contributed by atoms with Gasteiger partial charge in [0.05, 0.1) is 17.2 Å². The maximum atomic E-state index is 13.8. The van der Waals surface area contributed by atoms with E-state index in [1.165, 1.54) is 29.1 Å². The summed E-state index contributed by atoms with van der Waals surface area (Å²) in [4.78, 5) is 16.1. The van der Waals surface area contributed by atoms with Gasteiger partial charge in [0.2, 0.25) is 0 Å². The van der Waals surface area contributed by atoms with Gasteiger partial charge in [0.1, 0.15) is 23.2 Å². The molecule has 0 aliphatic rings. The number of hydrogen-bond acceptors (Lipinski definition) is 4. The number of fused-ring (bicyclic) bond motifs is 1. The average molecular weight is 313 g/mol. The molecule has 0 N–H and O–H groups in total. The summed E-state index contributed by atoms with van der Waals surface area (Å²) in [5, 5.41) is 9.22. The highest BCUT2D eigenvalue weighted by atomic mass is 19.1. The van der Waals surface area contributed by atoms with Gasteiger partial charge in [-0.2, -0.15) is 5.26 Å². The van der Waals surface area contributed by atoms with Crippen LogP contribution in [0.15, 0.2) is 41.5 Å². The molecule has 114 valence electrons. The second kappa shape index (κ2) is 5.50. The minimum absolute atomic E-state index is 0.101. The van der Waals surface area contributed by atoms with E-state index in [9.17, 15) is 13.6 Å². The highest BCUT2D eigenvalue weighted by Crippen LogP contribution is 2.30. The first-order chi connectivity index (χ1) is 11.0. The van der Waals surface area contributed by atoms with Crippen molar-refractivity contribution in [3.63, 3.8) is 0 Å². The molecular weight excluding hydrogens is 304 g/mol. The van der Waals surface area contributed by atoms with E-state index in [1.54, 1.807) is 13.1 Å². The number of benzene rings is 2. The number of halogens is 2. The molecule has 0 atom stereocenters. The maximum Gasteiger partial charge on any atom is 0.261 e. The number of hydrogen-bond donors (Lipinski definition) is 0. The van der Waals surface area contributed by atoms with E-state index in [0.29, 0.717) is 5.52 Å². The van der Waals surface area contributed by atoms with E-state index in [1.807, 2.05) is 0 Å². The number of ether oxygens (including phenoxy) is 1. The number of nitrogens with zero attached hydrogens (tertiary/aromatic N) is 3. The largest absolute Gasteiger partial charge is 0.453 e. The van der Waals surface area contributed by atoms with E-state index < -0.39 is 22.9 Å². The van der Waals surface area contributed by atoms with E-state index >= 15 is 0 Å². The zero-order chi connectivity index (χ0) is 16.6.